The van der Waals surface area contributed by atoms with Gasteiger partial charge in [0.2, 0.25) is 5.91 Å². The summed E-state index contributed by atoms with van der Waals surface area (Å²) in [6, 6.07) is 12.0. The number of piperazine rings is 1. The standard InChI is InChI=1S/C23H29FN2O4/c1-28-21-9-8-18(15-22(21)29-2)17-25-10-12-26(13-11-25)23(27)7-4-14-30-20-6-3-5-19(24)16-20/h3,5-6,8-9,15-16H,4,7,10-14,17H2,1-2H3. The summed E-state index contributed by atoms with van der Waals surface area (Å²) >= 11 is 0. The van der Waals surface area contributed by atoms with Crippen LogP contribution in [0.4, 0.5) is 4.39 Å². The maximum atomic E-state index is 13.1. The smallest absolute Gasteiger partial charge is 0.222 e. The summed E-state index contributed by atoms with van der Waals surface area (Å²) in [6.07, 6.45) is 1.05. The minimum Gasteiger partial charge on any atom is -0.493 e. The van der Waals surface area contributed by atoms with Crippen LogP contribution in [0.5, 0.6) is 17.2 Å². The molecule has 30 heavy (non-hydrogen) atoms. The van der Waals surface area contributed by atoms with Crippen molar-refractivity contribution >= 4 is 5.91 Å². The first kappa shape index (κ1) is 21.9. The first-order valence-corrected chi connectivity index (χ1v) is 10.2. The van der Waals surface area contributed by atoms with E-state index in [4.69, 9.17) is 14.2 Å². The molecule has 1 saturated heterocycles. The molecular formula is C23H29FN2O4. The minimum atomic E-state index is -0.325. The molecule has 0 atom stereocenters. The third kappa shape index (κ3) is 6.10. The number of halogens is 1. The van der Waals surface area contributed by atoms with Crippen LogP contribution in [0.15, 0.2) is 42.5 Å². The molecule has 1 fully saturated rings. The summed E-state index contributed by atoms with van der Waals surface area (Å²) in [5.74, 6) is 1.76. The lowest BCUT2D eigenvalue weighted by atomic mass is 10.1. The highest BCUT2D eigenvalue weighted by atomic mass is 19.1. The van der Waals surface area contributed by atoms with Crippen LogP contribution >= 0.6 is 0 Å². The van der Waals surface area contributed by atoms with Crippen molar-refractivity contribution in [1.82, 2.24) is 9.80 Å². The summed E-state index contributed by atoms with van der Waals surface area (Å²) in [7, 11) is 3.26. The molecule has 6 nitrogen and oxygen atoms in total. The Morgan fingerprint density at radius 2 is 1.77 bits per heavy atom. The topological polar surface area (TPSA) is 51.2 Å². The highest BCUT2D eigenvalue weighted by Gasteiger charge is 2.21. The number of benzene rings is 2. The predicted octanol–water partition coefficient (Wildman–Crippen LogP) is 3.35. The molecule has 0 radical (unpaired) electrons. The first-order valence-electron chi connectivity index (χ1n) is 10.2. The Hall–Kier alpha value is -2.80. The number of nitrogens with zero attached hydrogens (tertiary/aromatic N) is 2. The van der Waals surface area contributed by atoms with E-state index in [9.17, 15) is 9.18 Å². The van der Waals surface area contributed by atoms with Gasteiger partial charge in [0.15, 0.2) is 11.5 Å². The Morgan fingerprint density at radius 3 is 2.47 bits per heavy atom. The summed E-state index contributed by atoms with van der Waals surface area (Å²) in [5.41, 5.74) is 1.15. The van der Waals surface area contributed by atoms with Crippen molar-refractivity contribution in [3.05, 3.63) is 53.8 Å². The second-order valence-corrected chi connectivity index (χ2v) is 7.26. The maximum Gasteiger partial charge on any atom is 0.222 e. The second-order valence-electron chi connectivity index (χ2n) is 7.26. The number of hydrogen-bond donors (Lipinski definition) is 0. The molecule has 2 aromatic rings. The van der Waals surface area contributed by atoms with E-state index in [1.54, 1.807) is 26.4 Å². The second kappa shape index (κ2) is 10.8. The van der Waals surface area contributed by atoms with E-state index in [2.05, 4.69) is 4.90 Å². The Morgan fingerprint density at radius 1 is 1.00 bits per heavy atom. The largest absolute Gasteiger partial charge is 0.493 e. The van der Waals surface area contributed by atoms with Crippen molar-refractivity contribution in [2.45, 2.75) is 19.4 Å². The van der Waals surface area contributed by atoms with Gasteiger partial charge < -0.3 is 19.1 Å². The van der Waals surface area contributed by atoms with Gasteiger partial charge in [-0.15, -0.1) is 0 Å². The molecule has 0 unspecified atom stereocenters. The molecule has 0 bridgehead atoms. The fourth-order valence-electron chi connectivity index (χ4n) is 3.52. The molecular weight excluding hydrogens is 387 g/mol. The Labute approximate surface area is 177 Å². The average molecular weight is 416 g/mol. The first-order chi connectivity index (χ1) is 14.6. The summed E-state index contributed by atoms with van der Waals surface area (Å²) < 4.78 is 29.3. The lowest BCUT2D eigenvalue weighted by Crippen LogP contribution is -2.48. The van der Waals surface area contributed by atoms with Crippen LogP contribution in [0.3, 0.4) is 0 Å². The fraction of sp³-hybridized carbons (Fsp3) is 0.435. The Kier molecular flexibility index (Phi) is 7.90. The molecule has 0 saturated carbocycles. The van der Waals surface area contributed by atoms with Gasteiger partial charge in [-0.1, -0.05) is 12.1 Å². The zero-order valence-electron chi connectivity index (χ0n) is 17.6. The number of amides is 1. The fourth-order valence-corrected chi connectivity index (χ4v) is 3.52. The number of hydrogen-bond acceptors (Lipinski definition) is 5. The van der Waals surface area contributed by atoms with E-state index in [-0.39, 0.29) is 11.7 Å². The van der Waals surface area contributed by atoms with Gasteiger partial charge in [0.05, 0.1) is 20.8 Å². The molecule has 0 N–H and O–H groups in total. The van der Waals surface area contributed by atoms with E-state index in [1.165, 1.54) is 12.1 Å². The zero-order valence-corrected chi connectivity index (χ0v) is 17.6. The lowest BCUT2D eigenvalue weighted by Gasteiger charge is -2.35. The van der Waals surface area contributed by atoms with Gasteiger partial charge in [0.25, 0.3) is 0 Å². The van der Waals surface area contributed by atoms with Gasteiger partial charge in [-0.05, 0) is 36.2 Å². The SMILES string of the molecule is COc1ccc(CN2CCN(C(=O)CCCOc3cccc(F)c3)CC2)cc1OC. The molecule has 0 aromatic heterocycles. The van der Waals surface area contributed by atoms with E-state index in [0.29, 0.717) is 25.2 Å². The monoisotopic (exact) mass is 416 g/mol. The number of methoxy groups -OCH3 is 2. The normalized spacial score (nSPS) is 14.4. The van der Waals surface area contributed by atoms with Gasteiger partial charge >= 0.3 is 0 Å². The van der Waals surface area contributed by atoms with Gasteiger partial charge in [0.1, 0.15) is 11.6 Å². The van der Waals surface area contributed by atoms with Crippen LogP contribution in [0.25, 0.3) is 0 Å². The third-order valence-corrected chi connectivity index (χ3v) is 5.18. The summed E-state index contributed by atoms with van der Waals surface area (Å²) in [4.78, 5) is 16.7. The van der Waals surface area contributed by atoms with Crippen LogP contribution in [-0.4, -0.2) is 62.7 Å². The Bertz CT molecular complexity index is 838. The van der Waals surface area contributed by atoms with E-state index in [0.717, 1.165) is 49.8 Å². The van der Waals surface area contributed by atoms with Crippen molar-refractivity contribution in [2.75, 3.05) is 47.0 Å². The number of carbonyl (C=O) groups excluding carboxylic acids is 1. The number of carbonyl (C=O) groups is 1. The van der Waals surface area contributed by atoms with Crippen molar-refractivity contribution in [3.63, 3.8) is 0 Å². The molecule has 7 heteroatoms. The molecule has 1 amide bonds. The summed E-state index contributed by atoms with van der Waals surface area (Å²) in [6.45, 7) is 4.31. The number of ether oxygens (including phenoxy) is 3. The van der Waals surface area contributed by atoms with Crippen LogP contribution in [0.2, 0.25) is 0 Å². The van der Waals surface area contributed by atoms with Crippen molar-refractivity contribution in [2.24, 2.45) is 0 Å². The maximum absolute atomic E-state index is 13.1. The van der Waals surface area contributed by atoms with Gasteiger partial charge in [-0.3, -0.25) is 9.69 Å². The minimum absolute atomic E-state index is 0.142. The highest BCUT2D eigenvalue weighted by molar-refractivity contribution is 5.76. The Balaban J connectivity index is 1.38. The quantitative estimate of drug-likeness (QED) is 0.587. The van der Waals surface area contributed by atoms with Crippen LogP contribution in [0, 0.1) is 5.82 Å². The molecule has 0 aliphatic carbocycles. The highest BCUT2D eigenvalue weighted by Crippen LogP contribution is 2.28. The molecule has 1 aliphatic rings. The lowest BCUT2D eigenvalue weighted by molar-refractivity contribution is -0.133. The molecule has 162 valence electrons. The van der Waals surface area contributed by atoms with Crippen molar-refractivity contribution in [1.29, 1.82) is 0 Å². The van der Waals surface area contributed by atoms with Gasteiger partial charge in [-0.25, -0.2) is 4.39 Å². The van der Waals surface area contributed by atoms with Crippen LogP contribution in [-0.2, 0) is 11.3 Å². The molecule has 2 aromatic carbocycles. The van der Waals surface area contributed by atoms with Crippen LogP contribution in [0.1, 0.15) is 18.4 Å². The van der Waals surface area contributed by atoms with Crippen LogP contribution < -0.4 is 14.2 Å². The van der Waals surface area contributed by atoms with E-state index in [1.807, 2.05) is 23.1 Å². The average Bonchev–Trinajstić information content (AvgIpc) is 2.77. The molecule has 1 heterocycles. The molecule has 0 spiro atoms. The van der Waals surface area contributed by atoms with Gasteiger partial charge in [0, 0.05) is 45.2 Å². The molecule has 1 aliphatic heterocycles. The van der Waals surface area contributed by atoms with Crippen molar-refractivity contribution in [3.8, 4) is 17.2 Å². The zero-order chi connectivity index (χ0) is 21.3. The van der Waals surface area contributed by atoms with E-state index < -0.39 is 0 Å². The predicted molar refractivity (Wildman–Crippen MR) is 113 cm³/mol. The third-order valence-electron chi connectivity index (χ3n) is 5.18. The molecule has 3 rings (SSSR count). The van der Waals surface area contributed by atoms with Crippen molar-refractivity contribution < 1.29 is 23.4 Å². The van der Waals surface area contributed by atoms with Gasteiger partial charge in [-0.2, -0.15) is 0 Å². The van der Waals surface area contributed by atoms with E-state index >= 15 is 0 Å². The summed E-state index contributed by atoms with van der Waals surface area (Å²) in [5, 5.41) is 0. The number of rotatable bonds is 9.